The van der Waals surface area contributed by atoms with Gasteiger partial charge in [-0.2, -0.15) is 0 Å². The molecular weight excluding hydrogens is 362 g/mol. The Balaban J connectivity index is 1.80. The maximum Gasteiger partial charge on any atom is 0.251 e. The Labute approximate surface area is 164 Å². The summed E-state index contributed by atoms with van der Waals surface area (Å²) in [6.45, 7) is 4.10. The van der Waals surface area contributed by atoms with Crippen LogP contribution in [0.15, 0.2) is 30.3 Å². The van der Waals surface area contributed by atoms with Gasteiger partial charge in [-0.05, 0) is 24.0 Å². The van der Waals surface area contributed by atoms with Crippen molar-refractivity contribution in [3.63, 3.8) is 0 Å². The number of primary amides is 1. The Morgan fingerprint density at radius 2 is 1.89 bits per heavy atom. The Bertz CT molecular complexity index is 733. The van der Waals surface area contributed by atoms with Crippen LogP contribution in [0.5, 0.6) is 0 Å². The Hall–Kier alpha value is -2.74. The van der Waals surface area contributed by atoms with Gasteiger partial charge in [-0.25, -0.2) is 0 Å². The van der Waals surface area contributed by atoms with Crippen LogP contribution in [0.3, 0.4) is 0 Å². The first kappa shape index (κ1) is 21.6. The number of ether oxygens (including phenoxy) is 1. The number of carbonyl (C=O) groups excluding carboxylic acids is 4. The van der Waals surface area contributed by atoms with E-state index in [9.17, 15) is 19.2 Å². The lowest BCUT2D eigenvalue weighted by Crippen LogP contribution is -2.47. The minimum atomic E-state index is -0.853. The molecule has 1 saturated heterocycles. The average Bonchev–Trinajstić information content (AvgIpc) is 2.94. The Kier molecular flexibility index (Phi) is 7.28. The number of amides is 3. The van der Waals surface area contributed by atoms with Crippen molar-refractivity contribution >= 4 is 23.5 Å². The smallest absolute Gasteiger partial charge is 0.251 e. The number of ketones is 1. The lowest BCUT2D eigenvalue weighted by molar-refractivity contribution is -0.128. The van der Waals surface area contributed by atoms with E-state index in [1.54, 1.807) is 24.3 Å². The quantitative estimate of drug-likeness (QED) is 0.568. The molecule has 3 amide bonds. The van der Waals surface area contributed by atoms with Crippen molar-refractivity contribution in [3.05, 3.63) is 35.9 Å². The number of carbonyl (C=O) groups is 4. The van der Waals surface area contributed by atoms with Gasteiger partial charge in [0.1, 0.15) is 12.6 Å². The summed E-state index contributed by atoms with van der Waals surface area (Å²) >= 11 is 0. The molecule has 0 saturated carbocycles. The molecule has 2 unspecified atom stereocenters. The highest BCUT2D eigenvalue weighted by molar-refractivity contribution is 5.94. The van der Waals surface area contributed by atoms with E-state index >= 15 is 0 Å². The second-order valence-electron chi connectivity index (χ2n) is 7.74. The van der Waals surface area contributed by atoms with Gasteiger partial charge in [0.05, 0.1) is 12.5 Å². The molecule has 1 aromatic rings. The van der Waals surface area contributed by atoms with Crippen LogP contribution in [-0.2, 0) is 19.1 Å². The molecule has 2 rings (SSSR count). The molecule has 0 aromatic heterocycles. The van der Waals surface area contributed by atoms with Crippen LogP contribution in [0.1, 0.15) is 43.5 Å². The molecule has 1 aromatic carbocycles. The molecule has 1 aliphatic rings. The van der Waals surface area contributed by atoms with Gasteiger partial charge >= 0.3 is 0 Å². The number of hydrogen-bond donors (Lipinski definition) is 3. The molecule has 1 fully saturated rings. The maximum atomic E-state index is 12.4. The summed E-state index contributed by atoms with van der Waals surface area (Å²) < 4.78 is 5.24. The van der Waals surface area contributed by atoms with Crippen LogP contribution >= 0.6 is 0 Å². The van der Waals surface area contributed by atoms with Gasteiger partial charge in [-0.15, -0.1) is 0 Å². The summed E-state index contributed by atoms with van der Waals surface area (Å²) in [4.78, 5) is 47.4. The van der Waals surface area contributed by atoms with Crippen molar-refractivity contribution in [2.24, 2.45) is 11.1 Å². The number of Topliss-reactive ketones (excluding diaryl/α,β-unsaturated/α-hetero) is 1. The lowest BCUT2D eigenvalue weighted by atomic mass is 9.85. The van der Waals surface area contributed by atoms with Crippen molar-refractivity contribution in [3.8, 4) is 0 Å². The van der Waals surface area contributed by atoms with Crippen LogP contribution in [0.4, 0.5) is 0 Å². The van der Waals surface area contributed by atoms with Gasteiger partial charge in [-0.3, -0.25) is 19.2 Å². The fourth-order valence-corrected chi connectivity index (χ4v) is 3.08. The molecule has 4 N–H and O–H groups in total. The molecule has 2 atom stereocenters. The number of nitrogens with one attached hydrogen (secondary N) is 2. The highest BCUT2D eigenvalue weighted by Gasteiger charge is 2.38. The third-order valence-corrected chi connectivity index (χ3v) is 4.64. The first-order chi connectivity index (χ1) is 13.2. The van der Waals surface area contributed by atoms with E-state index in [0.717, 1.165) is 0 Å². The van der Waals surface area contributed by atoms with Gasteiger partial charge in [0.25, 0.3) is 5.91 Å². The highest BCUT2D eigenvalue weighted by atomic mass is 16.5. The largest absolute Gasteiger partial charge is 0.370 e. The topological polar surface area (TPSA) is 128 Å². The molecule has 0 aliphatic carbocycles. The van der Waals surface area contributed by atoms with E-state index in [0.29, 0.717) is 18.5 Å². The van der Waals surface area contributed by atoms with Crippen molar-refractivity contribution in [2.75, 3.05) is 13.2 Å². The van der Waals surface area contributed by atoms with E-state index in [2.05, 4.69) is 10.6 Å². The molecule has 0 radical (unpaired) electrons. The van der Waals surface area contributed by atoms with E-state index in [-0.39, 0.29) is 37.0 Å². The molecule has 8 heteroatoms. The van der Waals surface area contributed by atoms with Crippen LogP contribution in [0.2, 0.25) is 0 Å². The van der Waals surface area contributed by atoms with Gasteiger partial charge < -0.3 is 21.1 Å². The van der Waals surface area contributed by atoms with Crippen LogP contribution in [0, 0.1) is 5.41 Å². The SMILES string of the molecule is CC(C)(CCNC(=O)c1ccccc1)CC(=O)NC1C(=O)COC1CC(N)=O. The molecule has 0 bridgehead atoms. The zero-order valence-electron chi connectivity index (χ0n) is 16.2. The van der Waals surface area contributed by atoms with E-state index in [4.69, 9.17) is 10.5 Å². The summed E-state index contributed by atoms with van der Waals surface area (Å²) in [6, 6.07) is 8.04. The normalized spacial score (nSPS) is 19.3. The predicted molar refractivity (Wildman–Crippen MR) is 102 cm³/mol. The minimum Gasteiger partial charge on any atom is -0.370 e. The van der Waals surface area contributed by atoms with E-state index in [1.807, 2.05) is 19.9 Å². The molecule has 8 nitrogen and oxygen atoms in total. The van der Waals surface area contributed by atoms with Crippen molar-refractivity contribution in [1.29, 1.82) is 0 Å². The van der Waals surface area contributed by atoms with Crippen molar-refractivity contribution < 1.29 is 23.9 Å². The number of hydrogen-bond acceptors (Lipinski definition) is 5. The van der Waals surface area contributed by atoms with E-state index < -0.39 is 23.5 Å². The number of nitrogens with two attached hydrogens (primary N) is 1. The molecule has 1 aliphatic heterocycles. The molecule has 28 heavy (non-hydrogen) atoms. The molecule has 1 heterocycles. The van der Waals surface area contributed by atoms with Crippen molar-refractivity contribution in [1.82, 2.24) is 10.6 Å². The summed E-state index contributed by atoms with van der Waals surface area (Å²) in [5.41, 5.74) is 5.35. The Morgan fingerprint density at radius 3 is 2.54 bits per heavy atom. The van der Waals surface area contributed by atoms with Gasteiger partial charge in [0.15, 0.2) is 5.78 Å². The summed E-state index contributed by atoms with van der Waals surface area (Å²) in [5.74, 6) is -1.33. The third kappa shape index (κ3) is 6.45. The number of benzene rings is 1. The average molecular weight is 389 g/mol. The molecule has 0 spiro atoms. The van der Waals surface area contributed by atoms with Gasteiger partial charge in [-0.1, -0.05) is 32.0 Å². The zero-order valence-corrected chi connectivity index (χ0v) is 16.2. The first-order valence-electron chi connectivity index (χ1n) is 9.23. The van der Waals surface area contributed by atoms with Gasteiger partial charge in [0.2, 0.25) is 11.8 Å². The molecular formula is C20H27N3O5. The van der Waals surface area contributed by atoms with Crippen LogP contribution in [0.25, 0.3) is 0 Å². The summed E-state index contributed by atoms with van der Waals surface area (Å²) in [5, 5.41) is 5.50. The van der Waals surface area contributed by atoms with Crippen LogP contribution in [-0.4, -0.2) is 48.8 Å². The summed E-state index contributed by atoms with van der Waals surface area (Å²) in [7, 11) is 0. The standard InChI is InChI=1S/C20H27N3O5/c1-20(2,8-9-22-19(27)13-6-4-3-5-7-13)11-17(26)23-18-14(24)12-28-15(18)10-16(21)25/h3-7,15,18H,8-12H2,1-2H3,(H2,21,25)(H,22,27)(H,23,26). The Morgan fingerprint density at radius 1 is 1.21 bits per heavy atom. The first-order valence-corrected chi connectivity index (χ1v) is 9.23. The zero-order chi connectivity index (χ0) is 20.7. The van der Waals surface area contributed by atoms with E-state index in [1.165, 1.54) is 0 Å². The van der Waals surface area contributed by atoms with Gasteiger partial charge in [0, 0.05) is 18.5 Å². The number of rotatable bonds is 9. The van der Waals surface area contributed by atoms with Crippen LogP contribution < -0.4 is 16.4 Å². The monoisotopic (exact) mass is 389 g/mol. The minimum absolute atomic E-state index is 0.119. The van der Waals surface area contributed by atoms with Crippen molar-refractivity contribution in [2.45, 2.75) is 45.3 Å². The fraction of sp³-hybridized carbons (Fsp3) is 0.500. The highest BCUT2D eigenvalue weighted by Crippen LogP contribution is 2.25. The fourth-order valence-electron chi connectivity index (χ4n) is 3.08. The molecule has 152 valence electrons. The maximum absolute atomic E-state index is 12.4. The third-order valence-electron chi connectivity index (χ3n) is 4.64. The second-order valence-corrected chi connectivity index (χ2v) is 7.74. The lowest BCUT2D eigenvalue weighted by Gasteiger charge is -2.25. The second kappa shape index (κ2) is 9.45. The summed E-state index contributed by atoms with van der Waals surface area (Å²) in [6.07, 6.45) is -0.0895. The predicted octanol–water partition coefficient (Wildman–Crippen LogP) is 0.551.